The van der Waals surface area contributed by atoms with Crippen LogP contribution in [0.4, 0.5) is 0 Å². The number of hydrogen-bond acceptors (Lipinski definition) is 4. The first-order chi connectivity index (χ1) is 13.2. The molecule has 1 aliphatic carbocycles. The Morgan fingerprint density at radius 3 is 2.07 bits per heavy atom. The molecule has 2 aliphatic rings. The molecule has 0 atom stereocenters. The lowest BCUT2D eigenvalue weighted by Crippen LogP contribution is -2.06. The van der Waals surface area contributed by atoms with E-state index in [0.29, 0.717) is 22.6 Å². The van der Waals surface area contributed by atoms with Crippen LogP contribution >= 0.6 is 0 Å². The molecule has 0 radical (unpaired) electrons. The highest BCUT2D eigenvalue weighted by Gasteiger charge is 2.29. The van der Waals surface area contributed by atoms with Crippen molar-refractivity contribution in [2.45, 2.75) is 6.92 Å². The number of nitrogens with zero attached hydrogens (tertiary/aromatic N) is 4. The number of hydrogen-bond donors (Lipinski definition) is 1. The Morgan fingerprint density at radius 1 is 0.889 bits per heavy atom. The Balaban J connectivity index is 2.20. The van der Waals surface area contributed by atoms with Crippen molar-refractivity contribution in [2.24, 2.45) is 0 Å². The van der Waals surface area contributed by atoms with E-state index >= 15 is 0 Å². The summed E-state index contributed by atoms with van der Waals surface area (Å²) < 4.78 is 1.65. The van der Waals surface area contributed by atoms with Gasteiger partial charge in [0.2, 0.25) is 5.88 Å². The lowest BCUT2D eigenvalue weighted by atomic mass is 10.1. The van der Waals surface area contributed by atoms with E-state index in [1.807, 2.05) is 60.7 Å². The van der Waals surface area contributed by atoms with Gasteiger partial charge in [-0.3, -0.25) is 4.57 Å². The second kappa shape index (κ2) is 6.33. The number of aromatic nitrogens is 2. The molecule has 27 heavy (non-hydrogen) atoms. The zero-order valence-electron chi connectivity index (χ0n) is 14.5. The predicted octanol–water partition coefficient (Wildman–Crippen LogP) is 4.40. The van der Waals surface area contributed by atoms with Gasteiger partial charge in [0.15, 0.2) is 0 Å². The van der Waals surface area contributed by atoms with Crippen LogP contribution in [0.25, 0.3) is 28.3 Å². The van der Waals surface area contributed by atoms with Gasteiger partial charge in [0.1, 0.15) is 18.0 Å². The first kappa shape index (κ1) is 16.4. The molecular weight excluding hydrogens is 336 g/mol. The molecule has 1 heterocycles. The van der Waals surface area contributed by atoms with Crippen molar-refractivity contribution < 1.29 is 5.11 Å². The summed E-state index contributed by atoms with van der Waals surface area (Å²) in [6.45, 7) is 1.72. The minimum Gasteiger partial charge on any atom is -0.494 e. The minimum absolute atomic E-state index is 0.0412. The monoisotopic (exact) mass is 350 g/mol. The van der Waals surface area contributed by atoms with Crippen molar-refractivity contribution in [3.8, 4) is 46.4 Å². The Kier molecular flexibility index (Phi) is 3.84. The van der Waals surface area contributed by atoms with Gasteiger partial charge in [-0.2, -0.15) is 10.5 Å². The molecule has 0 saturated carbocycles. The van der Waals surface area contributed by atoms with Crippen LogP contribution in [0, 0.1) is 29.6 Å². The Morgan fingerprint density at radius 2 is 1.48 bits per heavy atom. The van der Waals surface area contributed by atoms with Crippen molar-refractivity contribution in [1.29, 1.82) is 10.5 Å². The fourth-order valence-corrected chi connectivity index (χ4v) is 3.34. The van der Waals surface area contributed by atoms with Crippen LogP contribution in [0.15, 0.2) is 60.7 Å². The highest BCUT2D eigenvalue weighted by Crippen LogP contribution is 2.43. The standard InChI is InChI=1S/C22H14N4O/c1-14-17(12-23)18(13-24)20-19(14)22(27)26(16-10-6-3-7-11-16)21(25-20)15-8-4-2-5-9-15/h2-11,27H,1H3. The first-order valence-corrected chi connectivity index (χ1v) is 8.36. The molecule has 1 aliphatic heterocycles. The predicted molar refractivity (Wildman–Crippen MR) is 101 cm³/mol. The van der Waals surface area contributed by atoms with Crippen molar-refractivity contribution in [2.75, 3.05) is 0 Å². The van der Waals surface area contributed by atoms with Gasteiger partial charge in [-0.15, -0.1) is 0 Å². The summed E-state index contributed by atoms with van der Waals surface area (Å²) in [6.07, 6.45) is 0. The molecule has 0 aromatic heterocycles. The summed E-state index contributed by atoms with van der Waals surface area (Å²) in [5, 5.41) is 30.2. The minimum atomic E-state index is -0.0412. The second-order valence-electron chi connectivity index (χ2n) is 6.12. The molecule has 0 amide bonds. The van der Waals surface area contributed by atoms with E-state index in [4.69, 9.17) is 4.98 Å². The lowest BCUT2D eigenvalue weighted by Gasteiger charge is -2.19. The molecule has 5 heteroatoms. The van der Waals surface area contributed by atoms with Gasteiger partial charge in [-0.1, -0.05) is 48.5 Å². The number of aromatic hydroxyl groups is 1. The summed E-state index contributed by atoms with van der Waals surface area (Å²) >= 11 is 0. The summed E-state index contributed by atoms with van der Waals surface area (Å²) in [4.78, 5) is 4.71. The highest BCUT2D eigenvalue weighted by molar-refractivity contribution is 5.85. The van der Waals surface area contributed by atoms with Crippen LogP contribution < -0.4 is 0 Å². The van der Waals surface area contributed by atoms with Crippen LogP contribution in [0.3, 0.4) is 0 Å². The van der Waals surface area contributed by atoms with Crippen molar-refractivity contribution in [3.05, 3.63) is 77.4 Å². The van der Waals surface area contributed by atoms with Gasteiger partial charge in [0.05, 0.1) is 28.1 Å². The zero-order valence-corrected chi connectivity index (χ0v) is 14.5. The van der Waals surface area contributed by atoms with Crippen molar-refractivity contribution in [1.82, 2.24) is 9.55 Å². The molecule has 0 fully saturated rings. The molecule has 0 bridgehead atoms. The van der Waals surface area contributed by atoms with E-state index in [1.54, 1.807) is 11.5 Å². The SMILES string of the molecule is Cc1c(C#N)c(C#N)c2nc(-c3ccccc3)n(-c3ccccc3)c(O)c1-2. The maximum atomic E-state index is 11.2. The van der Waals surface area contributed by atoms with Gasteiger partial charge in [0, 0.05) is 5.56 Å². The van der Waals surface area contributed by atoms with Crippen LogP contribution in [0.2, 0.25) is 0 Å². The molecule has 0 saturated heterocycles. The number of rotatable bonds is 2. The van der Waals surface area contributed by atoms with Gasteiger partial charge < -0.3 is 5.11 Å². The Hall–Kier alpha value is -4.09. The molecule has 5 nitrogen and oxygen atoms in total. The highest BCUT2D eigenvalue weighted by atomic mass is 16.3. The molecule has 128 valence electrons. The quantitative estimate of drug-likeness (QED) is 0.580. The summed E-state index contributed by atoms with van der Waals surface area (Å²) in [7, 11) is 0. The summed E-state index contributed by atoms with van der Waals surface area (Å²) in [6, 6.07) is 23.0. The summed E-state index contributed by atoms with van der Waals surface area (Å²) in [5.74, 6) is 0.457. The fraction of sp³-hybridized carbons (Fsp3) is 0.0455. The van der Waals surface area contributed by atoms with E-state index in [1.165, 1.54) is 0 Å². The molecular formula is C22H14N4O. The maximum absolute atomic E-state index is 11.2. The summed E-state index contributed by atoms with van der Waals surface area (Å²) in [5.41, 5.74) is 3.29. The van der Waals surface area contributed by atoms with E-state index in [0.717, 1.165) is 11.3 Å². The van der Waals surface area contributed by atoms with Gasteiger partial charge in [0.25, 0.3) is 0 Å². The Bertz CT molecular complexity index is 1200. The van der Waals surface area contributed by atoms with Crippen LogP contribution in [-0.2, 0) is 0 Å². The maximum Gasteiger partial charge on any atom is 0.207 e. The fourth-order valence-electron chi connectivity index (χ4n) is 3.34. The van der Waals surface area contributed by atoms with E-state index in [-0.39, 0.29) is 17.0 Å². The molecule has 0 spiro atoms. The normalized spacial score (nSPS) is 10.5. The van der Waals surface area contributed by atoms with E-state index < -0.39 is 0 Å². The number of nitriles is 2. The zero-order chi connectivity index (χ0) is 19.0. The smallest absolute Gasteiger partial charge is 0.207 e. The van der Waals surface area contributed by atoms with Crippen LogP contribution in [0.5, 0.6) is 5.88 Å². The third-order valence-corrected chi connectivity index (χ3v) is 4.61. The number of para-hydroxylation sites is 1. The third-order valence-electron chi connectivity index (χ3n) is 4.61. The largest absolute Gasteiger partial charge is 0.494 e. The van der Waals surface area contributed by atoms with Crippen molar-refractivity contribution in [3.63, 3.8) is 0 Å². The van der Waals surface area contributed by atoms with E-state index in [9.17, 15) is 15.6 Å². The first-order valence-electron chi connectivity index (χ1n) is 8.36. The van der Waals surface area contributed by atoms with E-state index in [2.05, 4.69) is 12.1 Å². The van der Waals surface area contributed by atoms with Gasteiger partial charge in [-0.25, -0.2) is 4.98 Å². The van der Waals surface area contributed by atoms with Gasteiger partial charge in [-0.05, 0) is 24.6 Å². The lowest BCUT2D eigenvalue weighted by molar-refractivity contribution is 0.439. The van der Waals surface area contributed by atoms with Crippen molar-refractivity contribution >= 4 is 0 Å². The topological polar surface area (TPSA) is 85.6 Å². The number of fused-ring (bicyclic) bond motifs is 1. The van der Waals surface area contributed by atoms with Gasteiger partial charge >= 0.3 is 0 Å². The second-order valence-corrected chi connectivity index (χ2v) is 6.12. The average Bonchev–Trinajstić information content (AvgIpc) is 3.00. The molecule has 0 unspecified atom stereocenters. The third kappa shape index (κ3) is 2.42. The van der Waals surface area contributed by atoms with Crippen LogP contribution in [0.1, 0.15) is 16.7 Å². The molecule has 4 rings (SSSR count). The molecule has 2 aromatic carbocycles. The number of benzene rings is 2. The molecule has 2 aromatic rings. The Labute approximate surface area is 156 Å². The average molecular weight is 350 g/mol. The van der Waals surface area contributed by atoms with Crippen LogP contribution in [-0.4, -0.2) is 14.7 Å². The molecule has 1 N–H and O–H groups in total.